The van der Waals surface area contributed by atoms with Crippen LogP contribution >= 0.6 is 0 Å². The van der Waals surface area contributed by atoms with Gasteiger partial charge in [0.15, 0.2) is 0 Å². The summed E-state index contributed by atoms with van der Waals surface area (Å²) in [5, 5.41) is 21.7. The molecule has 1 aromatic heterocycles. The Bertz CT molecular complexity index is 1010. The second-order valence-electron chi connectivity index (χ2n) is 5.44. The van der Waals surface area contributed by atoms with Crippen molar-refractivity contribution in [3.8, 4) is 11.3 Å². The minimum atomic E-state index is -0.467. The molecule has 8 nitrogen and oxygen atoms in total. The fourth-order valence-corrected chi connectivity index (χ4v) is 2.41. The number of nitro benzene ring substituents is 2. The van der Waals surface area contributed by atoms with Gasteiger partial charge in [-0.3, -0.25) is 25.2 Å². The monoisotopic (exact) mass is 351 g/mol. The normalized spacial score (nSPS) is 11.0. The molecular weight excluding hydrogens is 338 g/mol. The van der Waals surface area contributed by atoms with E-state index in [1.165, 1.54) is 24.4 Å². The molecule has 0 saturated carbocycles. The van der Waals surface area contributed by atoms with Crippen LogP contribution in [0.2, 0.25) is 0 Å². The molecule has 0 amide bonds. The molecule has 0 radical (unpaired) electrons. The first-order valence-electron chi connectivity index (χ1n) is 7.58. The largest absolute Gasteiger partial charge is 0.455 e. The van der Waals surface area contributed by atoms with Crippen molar-refractivity contribution in [2.45, 2.75) is 6.92 Å². The van der Waals surface area contributed by atoms with Gasteiger partial charge >= 0.3 is 0 Å². The first-order valence-corrected chi connectivity index (χ1v) is 7.58. The van der Waals surface area contributed by atoms with Crippen LogP contribution in [0.5, 0.6) is 0 Å². The van der Waals surface area contributed by atoms with E-state index in [4.69, 9.17) is 4.42 Å². The summed E-state index contributed by atoms with van der Waals surface area (Å²) in [7, 11) is 0. The van der Waals surface area contributed by atoms with Gasteiger partial charge in [-0.05, 0) is 37.3 Å². The van der Waals surface area contributed by atoms with Crippen LogP contribution in [-0.2, 0) is 0 Å². The molecule has 3 aromatic rings. The molecule has 0 fully saturated rings. The summed E-state index contributed by atoms with van der Waals surface area (Å²) in [6, 6.07) is 14.1. The molecule has 2 aromatic carbocycles. The molecule has 0 saturated heterocycles. The van der Waals surface area contributed by atoms with Gasteiger partial charge < -0.3 is 4.42 Å². The van der Waals surface area contributed by atoms with Crippen LogP contribution in [0.4, 0.5) is 17.1 Å². The molecule has 0 aliphatic rings. The van der Waals surface area contributed by atoms with E-state index in [0.29, 0.717) is 28.3 Å². The van der Waals surface area contributed by atoms with Gasteiger partial charge in [0.2, 0.25) is 0 Å². The first-order chi connectivity index (χ1) is 12.5. The zero-order chi connectivity index (χ0) is 18.7. The zero-order valence-corrected chi connectivity index (χ0v) is 13.7. The molecule has 130 valence electrons. The van der Waals surface area contributed by atoms with Gasteiger partial charge in [-0.1, -0.05) is 6.07 Å². The Labute approximate surface area is 147 Å². The van der Waals surface area contributed by atoms with Crippen LogP contribution in [0, 0.1) is 27.2 Å². The standard InChI is InChI=1S/C18H13N3O5/c1-12-16(3-2-4-17(12)21(24)25)19-11-15-9-10-18(26-15)13-5-7-14(8-6-13)20(22)23/h2-11H,1H3. The molecule has 3 rings (SSSR count). The average Bonchev–Trinajstić information content (AvgIpc) is 3.09. The highest BCUT2D eigenvalue weighted by Gasteiger charge is 2.12. The molecule has 0 atom stereocenters. The molecule has 0 unspecified atom stereocenters. The Morgan fingerprint density at radius 1 is 0.962 bits per heavy atom. The van der Waals surface area contributed by atoms with Gasteiger partial charge in [-0.25, -0.2) is 0 Å². The van der Waals surface area contributed by atoms with Crippen LogP contribution < -0.4 is 0 Å². The highest BCUT2D eigenvalue weighted by molar-refractivity contribution is 5.80. The average molecular weight is 351 g/mol. The van der Waals surface area contributed by atoms with Crippen molar-refractivity contribution < 1.29 is 14.3 Å². The molecule has 8 heteroatoms. The van der Waals surface area contributed by atoms with Gasteiger partial charge in [0.1, 0.15) is 11.5 Å². The summed E-state index contributed by atoms with van der Waals surface area (Å²) in [6.45, 7) is 1.63. The van der Waals surface area contributed by atoms with Crippen molar-refractivity contribution in [1.29, 1.82) is 0 Å². The number of hydrogen-bond donors (Lipinski definition) is 0. The van der Waals surface area contributed by atoms with Gasteiger partial charge in [0.05, 0.1) is 27.3 Å². The predicted octanol–water partition coefficient (Wildman–Crippen LogP) is 4.82. The van der Waals surface area contributed by atoms with E-state index in [9.17, 15) is 20.2 Å². The van der Waals surface area contributed by atoms with Gasteiger partial charge in [-0.2, -0.15) is 0 Å². The summed E-state index contributed by atoms with van der Waals surface area (Å²) in [5.74, 6) is 1.00. The minimum absolute atomic E-state index is 0.00300. The van der Waals surface area contributed by atoms with Crippen LogP contribution in [0.25, 0.3) is 11.3 Å². The summed E-state index contributed by atoms with van der Waals surface area (Å²) in [4.78, 5) is 25.0. The van der Waals surface area contributed by atoms with Crippen molar-refractivity contribution in [2.75, 3.05) is 0 Å². The lowest BCUT2D eigenvalue weighted by atomic mass is 10.1. The van der Waals surface area contributed by atoms with Crippen molar-refractivity contribution in [2.24, 2.45) is 4.99 Å². The predicted molar refractivity (Wildman–Crippen MR) is 95.9 cm³/mol. The second-order valence-corrected chi connectivity index (χ2v) is 5.44. The molecule has 0 N–H and O–H groups in total. The van der Waals surface area contributed by atoms with Crippen molar-refractivity contribution in [1.82, 2.24) is 0 Å². The second kappa shape index (κ2) is 6.98. The molecule has 26 heavy (non-hydrogen) atoms. The van der Waals surface area contributed by atoms with Crippen LogP contribution in [-0.4, -0.2) is 16.1 Å². The molecule has 0 aliphatic carbocycles. The fraction of sp³-hybridized carbons (Fsp3) is 0.0556. The number of non-ortho nitro benzene ring substituents is 1. The number of benzene rings is 2. The Kier molecular flexibility index (Phi) is 4.57. The fourth-order valence-electron chi connectivity index (χ4n) is 2.41. The third-order valence-electron chi connectivity index (χ3n) is 3.79. The van der Waals surface area contributed by atoms with Gasteiger partial charge in [-0.15, -0.1) is 0 Å². The summed E-state index contributed by atoms with van der Waals surface area (Å²) in [6.07, 6.45) is 1.47. The van der Waals surface area contributed by atoms with Crippen LogP contribution in [0.3, 0.4) is 0 Å². The summed E-state index contributed by atoms with van der Waals surface area (Å²) in [5.41, 5.74) is 1.65. The van der Waals surface area contributed by atoms with Gasteiger partial charge in [0, 0.05) is 23.8 Å². The van der Waals surface area contributed by atoms with E-state index in [-0.39, 0.29) is 11.4 Å². The maximum absolute atomic E-state index is 11.0. The number of rotatable bonds is 5. The van der Waals surface area contributed by atoms with Crippen molar-refractivity contribution >= 4 is 23.3 Å². The van der Waals surface area contributed by atoms with Gasteiger partial charge in [0.25, 0.3) is 11.4 Å². The highest BCUT2D eigenvalue weighted by atomic mass is 16.6. The van der Waals surface area contributed by atoms with Crippen molar-refractivity contribution in [3.63, 3.8) is 0 Å². The SMILES string of the molecule is Cc1c(N=Cc2ccc(-c3ccc([N+](=O)[O-])cc3)o2)cccc1[N+](=O)[O-]. The Hall–Kier alpha value is -3.81. The Morgan fingerprint density at radius 3 is 2.35 bits per heavy atom. The maximum Gasteiger partial charge on any atom is 0.274 e. The highest BCUT2D eigenvalue weighted by Crippen LogP contribution is 2.28. The molecular formula is C18H13N3O5. The number of furan rings is 1. The molecule has 1 heterocycles. The Morgan fingerprint density at radius 2 is 1.69 bits per heavy atom. The van der Waals surface area contributed by atoms with E-state index in [1.807, 2.05) is 0 Å². The summed E-state index contributed by atoms with van der Waals surface area (Å²) >= 11 is 0. The molecule has 0 bridgehead atoms. The summed E-state index contributed by atoms with van der Waals surface area (Å²) < 4.78 is 5.66. The molecule has 0 spiro atoms. The van der Waals surface area contributed by atoms with E-state index in [0.717, 1.165) is 0 Å². The first kappa shape index (κ1) is 17.0. The van der Waals surface area contributed by atoms with Crippen LogP contribution in [0.15, 0.2) is 64.0 Å². The third kappa shape index (κ3) is 3.48. The zero-order valence-electron chi connectivity index (χ0n) is 13.7. The van der Waals surface area contributed by atoms with E-state index in [2.05, 4.69) is 4.99 Å². The van der Waals surface area contributed by atoms with Crippen LogP contribution in [0.1, 0.15) is 11.3 Å². The quantitative estimate of drug-likeness (QED) is 0.371. The Balaban J connectivity index is 1.82. The lowest BCUT2D eigenvalue weighted by Gasteiger charge is -2.00. The number of nitrogens with zero attached hydrogens (tertiary/aromatic N) is 3. The number of aliphatic imine (C=N–C) groups is 1. The third-order valence-corrected chi connectivity index (χ3v) is 3.79. The van der Waals surface area contributed by atoms with E-state index >= 15 is 0 Å². The smallest absolute Gasteiger partial charge is 0.274 e. The molecule has 0 aliphatic heterocycles. The number of hydrogen-bond acceptors (Lipinski definition) is 6. The topological polar surface area (TPSA) is 112 Å². The lowest BCUT2D eigenvalue weighted by Crippen LogP contribution is -1.91. The minimum Gasteiger partial charge on any atom is -0.455 e. The maximum atomic E-state index is 11.0. The lowest BCUT2D eigenvalue weighted by molar-refractivity contribution is -0.385. The van der Waals surface area contributed by atoms with E-state index in [1.54, 1.807) is 43.3 Å². The van der Waals surface area contributed by atoms with E-state index < -0.39 is 9.85 Å². The van der Waals surface area contributed by atoms with Crippen molar-refractivity contribution in [3.05, 3.63) is 86.1 Å². The number of nitro groups is 2.